The molecule has 0 atom stereocenters. The Hall–Kier alpha value is -3.56. The number of amides is 1. The van der Waals surface area contributed by atoms with Crippen LogP contribution in [0.25, 0.3) is 11.3 Å². The molecule has 1 aliphatic rings. The van der Waals surface area contributed by atoms with Crippen molar-refractivity contribution in [3.05, 3.63) is 89.1 Å². The third-order valence-electron chi connectivity index (χ3n) is 5.99. The Labute approximate surface area is 197 Å². The van der Waals surface area contributed by atoms with Gasteiger partial charge in [-0.1, -0.05) is 12.1 Å². The van der Waals surface area contributed by atoms with E-state index in [1.807, 2.05) is 0 Å². The number of rotatable bonds is 5. The number of alkyl halides is 5. The van der Waals surface area contributed by atoms with Crippen molar-refractivity contribution in [2.45, 2.75) is 38.5 Å². The highest BCUT2D eigenvalue weighted by Crippen LogP contribution is 2.40. The van der Waals surface area contributed by atoms with Crippen LogP contribution in [0.5, 0.6) is 0 Å². The molecule has 184 valence electrons. The van der Waals surface area contributed by atoms with E-state index in [4.69, 9.17) is 0 Å². The van der Waals surface area contributed by atoms with Gasteiger partial charge in [-0.3, -0.25) is 4.79 Å². The molecule has 1 amide bonds. The molecule has 0 saturated heterocycles. The molecule has 3 aromatic rings. The average Bonchev–Trinajstić information content (AvgIpc) is 3.18. The number of benzene rings is 2. The zero-order chi connectivity index (χ0) is 25.5. The van der Waals surface area contributed by atoms with E-state index in [1.165, 1.54) is 30.0 Å². The van der Waals surface area contributed by atoms with Crippen molar-refractivity contribution >= 4 is 5.91 Å². The van der Waals surface area contributed by atoms with Gasteiger partial charge in [0.05, 0.1) is 17.8 Å². The lowest BCUT2D eigenvalue weighted by Gasteiger charge is -2.29. The van der Waals surface area contributed by atoms with Crippen molar-refractivity contribution in [1.29, 1.82) is 0 Å². The fraction of sp³-hybridized carbons (Fsp3) is 0.280. The number of hydrogen-bond acceptors (Lipinski definition) is 2. The summed E-state index contributed by atoms with van der Waals surface area (Å²) in [4.78, 5) is 18.6. The van der Waals surface area contributed by atoms with Crippen LogP contribution in [0.4, 0.5) is 26.3 Å². The first-order chi connectivity index (χ1) is 16.4. The topological polar surface area (TPSA) is 38.1 Å². The third-order valence-corrected chi connectivity index (χ3v) is 5.99. The molecule has 0 N–H and O–H groups in total. The summed E-state index contributed by atoms with van der Waals surface area (Å²) in [6, 6.07) is 8.42. The van der Waals surface area contributed by atoms with Crippen molar-refractivity contribution < 1.29 is 31.1 Å². The molecule has 0 fully saturated rings. The number of fused-ring (bicyclic) bond motifs is 1. The fourth-order valence-corrected chi connectivity index (χ4v) is 4.28. The maximum Gasteiger partial charge on any atom is 0.416 e. The number of hydrogen-bond donors (Lipinski definition) is 0. The summed E-state index contributed by atoms with van der Waals surface area (Å²) in [5.41, 5.74) is -1.32. The molecule has 4 nitrogen and oxygen atoms in total. The van der Waals surface area contributed by atoms with E-state index in [2.05, 4.69) is 11.6 Å². The molecule has 0 spiro atoms. The number of carbonyl (C=O) groups is 1. The molecule has 35 heavy (non-hydrogen) atoms. The number of carbonyl (C=O) groups excluding carboxylic acids is 1. The van der Waals surface area contributed by atoms with Gasteiger partial charge in [0, 0.05) is 30.6 Å². The van der Waals surface area contributed by atoms with E-state index >= 15 is 0 Å². The molecule has 4 rings (SSSR count). The highest BCUT2D eigenvalue weighted by atomic mass is 19.4. The minimum Gasteiger partial charge on any atom is -0.329 e. The van der Waals surface area contributed by atoms with Gasteiger partial charge in [0.2, 0.25) is 0 Å². The summed E-state index contributed by atoms with van der Waals surface area (Å²) < 4.78 is 84.9. The fourth-order valence-electron chi connectivity index (χ4n) is 4.28. The van der Waals surface area contributed by atoms with Crippen LogP contribution >= 0.6 is 0 Å². The Balaban J connectivity index is 1.74. The normalized spacial score (nSPS) is 14.1. The quantitative estimate of drug-likeness (QED) is 0.307. The maximum atomic E-state index is 15.0. The van der Waals surface area contributed by atoms with Crippen molar-refractivity contribution in [3.8, 4) is 11.3 Å². The van der Waals surface area contributed by atoms with Gasteiger partial charge in [0.15, 0.2) is 0 Å². The van der Waals surface area contributed by atoms with Crippen LogP contribution in [-0.4, -0.2) is 26.9 Å². The standard InChI is InChI=1S/C25H21F6N3O/c1-3-11-24(27,28)22-21(16-7-9-17(26)10-8-16)34-13-12-33(14-20(34)32-22)23(35)18-5-4-6-19(15(18)2)25(29,30)31/h3-10H,1,11-14H2,2H3. The second kappa shape index (κ2) is 8.90. The largest absolute Gasteiger partial charge is 0.416 e. The van der Waals surface area contributed by atoms with Crippen molar-refractivity contribution in [2.75, 3.05) is 6.54 Å². The monoisotopic (exact) mass is 493 g/mol. The second-order valence-corrected chi connectivity index (χ2v) is 8.28. The summed E-state index contributed by atoms with van der Waals surface area (Å²) in [7, 11) is 0. The Kier molecular flexibility index (Phi) is 6.25. The summed E-state index contributed by atoms with van der Waals surface area (Å²) >= 11 is 0. The van der Waals surface area contributed by atoms with Gasteiger partial charge in [-0.2, -0.15) is 22.0 Å². The molecule has 1 aromatic heterocycles. The first-order valence-corrected chi connectivity index (χ1v) is 10.7. The zero-order valence-electron chi connectivity index (χ0n) is 18.7. The van der Waals surface area contributed by atoms with Crippen molar-refractivity contribution in [2.24, 2.45) is 0 Å². The van der Waals surface area contributed by atoms with Crippen LogP contribution in [0.1, 0.15) is 39.4 Å². The van der Waals surface area contributed by atoms with Gasteiger partial charge in [-0.15, -0.1) is 6.58 Å². The van der Waals surface area contributed by atoms with Gasteiger partial charge in [0.25, 0.3) is 11.8 Å². The summed E-state index contributed by atoms with van der Waals surface area (Å²) in [5, 5.41) is 0. The third kappa shape index (κ3) is 4.56. The molecule has 0 radical (unpaired) electrons. The molecule has 2 heterocycles. The molecular formula is C25H21F6N3O. The first-order valence-electron chi connectivity index (χ1n) is 10.7. The molecule has 0 aliphatic carbocycles. The van der Waals surface area contributed by atoms with Crippen molar-refractivity contribution in [3.63, 3.8) is 0 Å². The Morgan fingerprint density at radius 1 is 1.09 bits per heavy atom. The predicted molar refractivity (Wildman–Crippen MR) is 117 cm³/mol. The van der Waals surface area contributed by atoms with Crippen LogP contribution in [-0.2, 0) is 25.2 Å². The predicted octanol–water partition coefficient (Wildman–Crippen LogP) is 6.34. The first kappa shape index (κ1) is 24.6. The summed E-state index contributed by atoms with van der Waals surface area (Å²) in [6.45, 7) is 4.58. The van der Waals surface area contributed by atoms with Gasteiger partial charge < -0.3 is 9.47 Å². The van der Waals surface area contributed by atoms with Gasteiger partial charge in [0.1, 0.15) is 17.3 Å². The number of nitrogens with zero attached hydrogens (tertiary/aromatic N) is 3. The number of halogens is 6. The van der Waals surface area contributed by atoms with Crippen LogP contribution < -0.4 is 0 Å². The Bertz CT molecular complexity index is 1280. The average molecular weight is 493 g/mol. The minimum atomic E-state index is -4.62. The second-order valence-electron chi connectivity index (χ2n) is 8.28. The van der Waals surface area contributed by atoms with Crippen LogP contribution in [0, 0.1) is 12.7 Å². The summed E-state index contributed by atoms with van der Waals surface area (Å²) in [6.07, 6.45) is -4.23. The zero-order valence-corrected chi connectivity index (χ0v) is 18.7. The van der Waals surface area contributed by atoms with Crippen LogP contribution in [0.2, 0.25) is 0 Å². The Morgan fingerprint density at radius 2 is 1.77 bits per heavy atom. The van der Waals surface area contributed by atoms with Gasteiger partial charge in [-0.25, -0.2) is 9.37 Å². The lowest BCUT2D eigenvalue weighted by Crippen LogP contribution is -2.39. The van der Waals surface area contributed by atoms with Gasteiger partial charge >= 0.3 is 6.18 Å². The highest BCUT2D eigenvalue weighted by Gasteiger charge is 2.40. The number of imidazole rings is 1. The van der Waals surface area contributed by atoms with E-state index in [0.717, 1.165) is 30.3 Å². The van der Waals surface area contributed by atoms with Crippen molar-refractivity contribution in [1.82, 2.24) is 14.5 Å². The number of allylic oxidation sites excluding steroid dienone is 1. The smallest absolute Gasteiger partial charge is 0.329 e. The van der Waals surface area contributed by atoms with E-state index in [-0.39, 0.29) is 42.3 Å². The van der Waals surface area contributed by atoms with E-state index in [0.29, 0.717) is 5.56 Å². The molecule has 2 aromatic carbocycles. The van der Waals surface area contributed by atoms with E-state index in [9.17, 15) is 31.1 Å². The lowest BCUT2D eigenvalue weighted by atomic mass is 10.0. The highest BCUT2D eigenvalue weighted by molar-refractivity contribution is 5.96. The van der Waals surface area contributed by atoms with E-state index < -0.39 is 41.5 Å². The molecule has 0 bridgehead atoms. The van der Waals surface area contributed by atoms with Crippen LogP contribution in [0.15, 0.2) is 55.1 Å². The Morgan fingerprint density at radius 3 is 2.40 bits per heavy atom. The maximum absolute atomic E-state index is 15.0. The lowest BCUT2D eigenvalue weighted by molar-refractivity contribution is -0.138. The number of aromatic nitrogens is 2. The molecule has 10 heteroatoms. The van der Waals surface area contributed by atoms with Crippen LogP contribution in [0.3, 0.4) is 0 Å². The molecule has 1 aliphatic heterocycles. The molecule has 0 unspecified atom stereocenters. The van der Waals surface area contributed by atoms with E-state index in [1.54, 1.807) is 4.57 Å². The van der Waals surface area contributed by atoms with Gasteiger partial charge in [-0.05, 0) is 48.9 Å². The summed E-state index contributed by atoms with van der Waals surface area (Å²) in [5.74, 6) is -4.39. The minimum absolute atomic E-state index is 0.0680. The molecular weight excluding hydrogens is 472 g/mol. The SMILES string of the molecule is C=CCC(F)(F)c1nc2n(c1-c1ccc(F)cc1)CCN(C(=O)c1cccc(C(F)(F)F)c1C)C2. The molecule has 0 saturated carbocycles.